The molecular weight excluding hydrogens is 374 g/mol. The van der Waals surface area contributed by atoms with Crippen LogP contribution < -0.4 is 10.6 Å². The van der Waals surface area contributed by atoms with Gasteiger partial charge in [-0.3, -0.25) is 9.89 Å². The summed E-state index contributed by atoms with van der Waals surface area (Å²) in [6.45, 7) is 0.625. The molecule has 1 fully saturated rings. The molecule has 0 bridgehead atoms. The van der Waals surface area contributed by atoms with Gasteiger partial charge in [0.25, 0.3) is 0 Å². The lowest BCUT2D eigenvalue weighted by molar-refractivity contribution is -0.143. The van der Waals surface area contributed by atoms with Gasteiger partial charge < -0.3 is 10.6 Å². The van der Waals surface area contributed by atoms with Crippen LogP contribution in [-0.4, -0.2) is 50.3 Å². The van der Waals surface area contributed by atoms with E-state index in [0.717, 1.165) is 12.1 Å². The first-order chi connectivity index (χ1) is 12.6. The molecule has 152 valence electrons. The molecule has 0 saturated carbocycles. The average Bonchev–Trinajstić information content (AvgIpc) is 3.00. The van der Waals surface area contributed by atoms with Crippen molar-refractivity contribution in [2.45, 2.75) is 25.3 Å². The third kappa shape index (κ3) is 7.28. The molecule has 0 amide bonds. The van der Waals surface area contributed by atoms with E-state index < -0.39 is 24.5 Å². The minimum Gasteiger partial charge on any atom is -0.356 e. The summed E-state index contributed by atoms with van der Waals surface area (Å²) in [6.07, 6.45) is -7.90. The summed E-state index contributed by atoms with van der Waals surface area (Å²) in [7, 11) is 1.55. The second-order valence-corrected chi connectivity index (χ2v) is 6.51. The summed E-state index contributed by atoms with van der Waals surface area (Å²) in [5.74, 6) is 0.529. The van der Waals surface area contributed by atoms with E-state index >= 15 is 0 Å². The maximum absolute atomic E-state index is 12.5. The van der Waals surface area contributed by atoms with Gasteiger partial charge in [0.05, 0.1) is 12.1 Å². The van der Waals surface area contributed by atoms with Crippen LogP contribution in [0.5, 0.6) is 0 Å². The molecule has 1 heterocycles. The summed E-state index contributed by atoms with van der Waals surface area (Å²) in [5, 5.41) is 6.03. The van der Waals surface area contributed by atoms with Crippen LogP contribution >= 0.6 is 0 Å². The quantitative estimate of drug-likeness (QED) is 0.456. The number of nitrogens with zero attached hydrogens (tertiary/aromatic N) is 2. The van der Waals surface area contributed by atoms with Crippen molar-refractivity contribution < 1.29 is 26.3 Å². The predicted octanol–water partition coefficient (Wildman–Crippen LogP) is 3.25. The molecule has 2 N–H and O–H groups in total. The molecule has 1 unspecified atom stereocenters. The summed E-state index contributed by atoms with van der Waals surface area (Å²) < 4.78 is 74.9. The molecule has 10 heteroatoms. The van der Waals surface area contributed by atoms with Crippen LogP contribution in [0.2, 0.25) is 0 Å². The first-order valence-corrected chi connectivity index (χ1v) is 8.46. The second kappa shape index (κ2) is 8.81. The number of halogens is 6. The Balaban J connectivity index is 1.75. The second-order valence-electron chi connectivity index (χ2n) is 6.51. The first-order valence-electron chi connectivity index (χ1n) is 8.46. The first kappa shape index (κ1) is 21.3. The van der Waals surface area contributed by atoms with Crippen molar-refractivity contribution in [2.24, 2.45) is 10.9 Å². The number of likely N-dealkylation sites (tertiary alicyclic amines) is 1. The number of hydrogen-bond donors (Lipinski definition) is 2. The van der Waals surface area contributed by atoms with Gasteiger partial charge in [-0.05, 0) is 36.6 Å². The van der Waals surface area contributed by atoms with Crippen LogP contribution in [0.1, 0.15) is 17.5 Å². The molecule has 1 aliphatic heterocycles. The Morgan fingerprint density at radius 1 is 1.11 bits per heavy atom. The van der Waals surface area contributed by atoms with Crippen molar-refractivity contribution in [1.29, 1.82) is 0 Å². The van der Waals surface area contributed by atoms with Crippen LogP contribution in [0.25, 0.3) is 0 Å². The van der Waals surface area contributed by atoms with Crippen molar-refractivity contribution in [3.8, 4) is 0 Å². The lowest BCUT2D eigenvalue weighted by Crippen LogP contribution is -2.40. The zero-order valence-corrected chi connectivity index (χ0v) is 14.8. The summed E-state index contributed by atoms with van der Waals surface area (Å²) >= 11 is 0. The standard InChI is InChI=1S/C17H22F6N4/c1-24-15(25-8-12-2-4-14(5-3-12)17(21,22)23)26-9-13-6-7-27(10-13)11-16(18,19)20/h2-5,13H,6-11H2,1H3,(H2,24,25,26). The molecule has 2 rings (SSSR count). The van der Waals surface area contributed by atoms with Crippen molar-refractivity contribution in [3.63, 3.8) is 0 Å². The maximum Gasteiger partial charge on any atom is 0.416 e. The molecule has 4 nitrogen and oxygen atoms in total. The Hall–Kier alpha value is -1.97. The van der Waals surface area contributed by atoms with E-state index in [1.54, 1.807) is 7.05 Å². The van der Waals surface area contributed by atoms with Crippen LogP contribution in [-0.2, 0) is 12.7 Å². The highest BCUT2D eigenvalue weighted by molar-refractivity contribution is 5.79. The fraction of sp³-hybridized carbons (Fsp3) is 0.588. The number of nitrogens with one attached hydrogen (secondary N) is 2. The summed E-state index contributed by atoms with van der Waals surface area (Å²) in [5.41, 5.74) is -0.0541. The zero-order valence-electron chi connectivity index (χ0n) is 14.8. The lowest BCUT2D eigenvalue weighted by atomic mass is 10.1. The van der Waals surface area contributed by atoms with Crippen LogP contribution in [0.4, 0.5) is 26.3 Å². The van der Waals surface area contributed by atoms with Gasteiger partial charge in [-0.15, -0.1) is 0 Å². The third-order valence-electron chi connectivity index (χ3n) is 4.30. The van der Waals surface area contributed by atoms with Gasteiger partial charge >= 0.3 is 12.4 Å². The van der Waals surface area contributed by atoms with Gasteiger partial charge in [-0.2, -0.15) is 26.3 Å². The molecule has 1 saturated heterocycles. The lowest BCUT2D eigenvalue weighted by Gasteiger charge is -2.18. The highest BCUT2D eigenvalue weighted by atomic mass is 19.4. The van der Waals surface area contributed by atoms with Gasteiger partial charge in [0.1, 0.15) is 0 Å². The summed E-state index contributed by atoms with van der Waals surface area (Å²) in [6, 6.07) is 4.80. The highest BCUT2D eigenvalue weighted by Crippen LogP contribution is 2.29. The third-order valence-corrected chi connectivity index (χ3v) is 4.30. The van der Waals surface area contributed by atoms with Gasteiger partial charge in [0, 0.05) is 26.7 Å². The minimum absolute atomic E-state index is 0.0805. The van der Waals surface area contributed by atoms with E-state index in [4.69, 9.17) is 0 Å². The Bertz CT molecular complexity index is 624. The van der Waals surface area contributed by atoms with Crippen molar-refractivity contribution in [1.82, 2.24) is 15.5 Å². The van der Waals surface area contributed by atoms with Crippen molar-refractivity contribution >= 4 is 5.96 Å². The van der Waals surface area contributed by atoms with Crippen molar-refractivity contribution in [3.05, 3.63) is 35.4 Å². The molecule has 0 radical (unpaired) electrons. The average molecular weight is 396 g/mol. The fourth-order valence-corrected chi connectivity index (χ4v) is 2.94. The van der Waals surface area contributed by atoms with E-state index in [-0.39, 0.29) is 12.5 Å². The van der Waals surface area contributed by atoms with Gasteiger partial charge in [0.15, 0.2) is 5.96 Å². The Morgan fingerprint density at radius 3 is 2.33 bits per heavy atom. The fourth-order valence-electron chi connectivity index (χ4n) is 2.94. The monoisotopic (exact) mass is 396 g/mol. The SMILES string of the molecule is CN=C(NCc1ccc(C(F)(F)F)cc1)NCC1CCN(CC(F)(F)F)C1. The maximum atomic E-state index is 12.5. The van der Waals surface area contributed by atoms with Gasteiger partial charge in [-0.25, -0.2) is 0 Å². The van der Waals surface area contributed by atoms with Crippen LogP contribution in [0.15, 0.2) is 29.3 Å². The Labute approximate surface area is 153 Å². The van der Waals surface area contributed by atoms with E-state index in [1.165, 1.54) is 17.0 Å². The number of guanidine groups is 1. The number of rotatable bonds is 5. The molecule has 1 atom stereocenters. The molecule has 27 heavy (non-hydrogen) atoms. The number of aliphatic imine (C=N–C) groups is 1. The zero-order chi connectivity index (χ0) is 20.1. The molecule has 1 aliphatic rings. The minimum atomic E-state index is -4.37. The molecule has 0 spiro atoms. The molecule has 1 aromatic carbocycles. The number of alkyl halides is 6. The smallest absolute Gasteiger partial charge is 0.356 e. The van der Waals surface area contributed by atoms with Crippen LogP contribution in [0.3, 0.4) is 0 Å². The molecular formula is C17H22F6N4. The molecule has 0 aromatic heterocycles. The van der Waals surface area contributed by atoms with E-state index in [0.29, 0.717) is 37.6 Å². The Kier molecular flexibility index (Phi) is 6.96. The van der Waals surface area contributed by atoms with Crippen molar-refractivity contribution in [2.75, 3.05) is 33.2 Å². The van der Waals surface area contributed by atoms with Crippen LogP contribution in [0, 0.1) is 5.92 Å². The van der Waals surface area contributed by atoms with E-state index in [1.807, 2.05) is 0 Å². The van der Waals surface area contributed by atoms with Gasteiger partial charge in [0.2, 0.25) is 0 Å². The summed E-state index contributed by atoms with van der Waals surface area (Å²) in [4.78, 5) is 5.40. The normalized spacial score (nSPS) is 19.4. The van der Waals surface area contributed by atoms with E-state index in [9.17, 15) is 26.3 Å². The molecule has 0 aliphatic carbocycles. The van der Waals surface area contributed by atoms with E-state index in [2.05, 4.69) is 15.6 Å². The van der Waals surface area contributed by atoms with Gasteiger partial charge in [-0.1, -0.05) is 12.1 Å². The number of benzene rings is 1. The largest absolute Gasteiger partial charge is 0.416 e. The highest BCUT2D eigenvalue weighted by Gasteiger charge is 2.34. The predicted molar refractivity (Wildman–Crippen MR) is 90.2 cm³/mol. The Morgan fingerprint density at radius 2 is 1.78 bits per heavy atom. The molecule has 1 aromatic rings. The number of hydrogen-bond acceptors (Lipinski definition) is 2. The topological polar surface area (TPSA) is 39.7 Å².